The van der Waals surface area contributed by atoms with Crippen LogP contribution in [0.1, 0.15) is 24.1 Å². The Morgan fingerprint density at radius 1 is 1.12 bits per heavy atom. The third kappa shape index (κ3) is 5.03. The van der Waals surface area contributed by atoms with E-state index in [4.69, 9.17) is 25.8 Å². The third-order valence-electron chi connectivity index (χ3n) is 3.78. The minimum atomic E-state index is -0.213. The van der Waals surface area contributed by atoms with Gasteiger partial charge in [-0.1, -0.05) is 17.7 Å². The van der Waals surface area contributed by atoms with Crippen LogP contribution in [0, 0.1) is 6.92 Å². The van der Waals surface area contributed by atoms with Gasteiger partial charge in [-0.3, -0.25) is 4.79 Å². The molecular formula is C19H22ClNO4. The van der Waals surface area contributed by atoms with Gasteiger partial charge in [0, 0.05) is 5.02 Å². The lowest BCUT2D eigenvalue weighted by molar-refractivity contribution is -0.123. The van der Waals surface area contributed by atoms with Crippen molar-refractivity contribution in [1.29, 1.82) is 0 Å². The second-order valence-corrected chi connectivity index (χ2v) is 6.01. The Kier molecular flexibility index (Phi) is 6.53. The number of carbonyl (C=O) groups is 1. The molecule has 1 atom stereocenters. The summed E-state index contributed by atoms with van der Waals surface area (Å²) in [4.78, 5) is 12.1. The summed E-state index contributed by atoms with van der Waals surface area (Å²) in [7, 11) is 3.16. The van der Waals surface area contributed by atoms with E-state index in [1.807, 2.05) is 32.0 Å². The maximum absolute atomic E-state index is 12.1. The van der Waals surface area contributed by atoms with Gasteiger partial charge in [0.25, 0.3) is 5.91 Å². The van der Waals surface area contributed by atoms with Crippen molar-refractivity contribution in [3.63, 3.8) is 0 Å². The first kappa shape index (κ1) is 18.9. The fourth-order valence-electron chi connectivity index (χ4n) is 2.34. The summed E-state index contributed by atoms with van der Waals surface area (Å²) in [5.41, 5.74) is 1.81. The van der Waals surface area contributed by atoms with Crippen LogP contribution in [0.25, 0.3) is 0 Å². The van der Waals surface area contributed by atoms with E-state index < -0.39 is 0 Å². The average Bonchev–Trinajstić information content (AvgIpc) is 2.62. The number of hydrogen-bond donors (Lipinski definition) is 1. The van der Waals surface area contributed by atoms with E-state index >= 15 is 0 Å². The van der Waals surface area contributed by atoms with Gasteiger partial charge in [0.15, 0.2) is 18.1 Å². The van der Waals surface area contributed by atoms with Crippen molar-refractivity contribution in [2.75, 3.05) is 20.8 Å². The molecule has 0 saturated carbocycles. The summed E-state index contributed by atoms with van der Waals surface area (Å²) in [6.45, 7) is 3.71. The minimum Gasteiger partial charge on any atom is -0.493 e. The highest BCUT2D eigenvalue weighted by Crippen LogP contribution is 2.29. The molecule has 0 aliphatic carbocycles. The zero-order chi connectivity index (χ0) is 18.4. The number of methoxy groups -OCH3 is 2. The van der Waals surface area contributed by atoms with E-state index in [-0.39, 0.29) is 18.6 Å². The Balaban J connectivity index is 1.94. The molecule has 5 nitrogen and oxygen atoms in total. The van der Waals surface area contributed by atoms with Crippen molar-refractivity contribution < 1.29 is 19.0 Å². The second-order valence-electron chi connectivity index (χ2n) is 5.60. The molecule has 1 N–H and O–H groups in total. The van der Waals surface area contributed by atoms with Gasteiger partial charge in [-0.2, -0.15) is 0 Å². The molecule has 0 bridgehead atoms. The molecule has 2 aromatic rings. The topological polar surface area (TPSA) is 56.8 Å². The highest BCUT2D eigenvalue weighted by Gasteiger charge is 2.13. The van der Waals surface area contributed by atoms with Crippen LogP contribution in [0.15, 0.2) is 36.4 Å². The second kappa shape index (κ2) is 8.62. The maximum atomic E-state index is 12.1. The standard InChI is InChI=1S/C19H22ClNO4/c1-12-9-15(6-7-16(12)20)25-11-19(22)21-13(2)14-5-8-17(23-3)18(10-14)24-4/h5-10,13H,11H2,1-4H3,(H,21,22). The molecule has 0 saturated heterocycles. The number of aryl methyl sites for hydroxylation is 1. The van der Waals surface area contributed by atoms with Crippen LogP contribution in [-0.2, 0) is 4.79 Å². The highest BCUT2D eigenvalue weighted by atomic mass is 35.5. The molecule has 0 aliphatic heterocycles. The first-order valence-corrected chi connectivity index (χ1v) is 8.22. The number of hydrogen-bond acceptors (Lipinski definition) is 4. The molecule has 6 heteroatoms. The molecule has 0 fully saturated rings. The van der Waals surface area contributed by atoms with Crippen LogP contribution in [-0.4, -0.2) is 26.7 Å². The number of nitrogens with one attached hydrogen (secondary N) is 1. The average molecular weight is 364 g/mol. The summed E-state index contributed by atoms with van der Waals surface area (Å²) >= 11 is 5.97. The van der Waals surface area contributed by atoms with Crippen molar-refractivity contribution in [3.05, 3.63) is 52.5 Å². The Hall–Kier alpha value is -2.40. The van der Waals surface area contributed by atoms with Gasteiger partial charge in [-0.15, -0.1) is 0 Å². The van der Waals surface area contributed by atoms with Crippen LogP contribution < -0.4 is 19.5 Å². The normalized spacial score (nSPS) is 11.6. The van der Waals surface area contributed by atoms with Gasteiger partial charge in [-0.25, -0.2) is 0 Å². The smallest absolute Gasteiger partial charge is 0.258 e. The molecule has 1 amide bonds. The lowest BCUT2D eigenvalue weighted by Crippen LogP contribution is -2.31. The molecule has 0 heterocycles. The summed E-state index contributed by atoms with van der Waals surface area (Å²) < 4.78 is 16.0. The van der Waals surface area contributed by atoms with Crippen LogP contribution in [0.4, 0.5) is 0 Å². The van der Waals surface area contributed by atoms with Crippen molar-refractivity contribution >= 4 is 17.5 Å². The molecule has 0 spiro atoms. The number of amides is 1. The Bertz CT molecular complexity index is 748. The molecule has 0 aromatic heterocycles. The first-order chi connectivity index (χ1) is 11.9. The number of rotatable bonds is 7. The molecule has 2 aromatic carbocycles. The van der Waals surface area contributed by atoms with Crippen molar-refractivity contribution in [2.45, 2.75) is 19.9 Å². The van der Waals surface area contributed by atoms with E-state index in [0.717, 1.165) is 11.1 Å². The van der Waals surface area contributed by atoms with E-state index in [0.29, 0.717) is 22.3 Å². The van der Waals surface area contributed by atoms with Crippen LogP contribution in [0.3, 0.4) is 0 Å². The fourth-order valence-corrected chi connectivity index (χ4v) is 2.46. The monoisotopic (exact) mass is 363 g/mol. The fraction of sp³-hybridized carbons (Fsp3) is 0.316. The minimum absolute atomic E-state index is 0.0707. The lowest BCUT2D eigenvalue weighted by Gasteiger charge is -2.17. The number of carbonyl (C=O) groups excluding carboxylic acids is 1. The van der Waals surface area contributed by atoms with E-state index in [2.05, 4.69) is 5.32 Å². The summed E-state index contributed by atoms with van der Waals surface area (Å²) in [6, 6.07) is 10.6. The maximum Gasteiger partial charge on any atom is 0.258 e. The van der Waals surface area contributed by atoms with Gasteiger partial charge >= 0.3 is 0 Å². The Labute approximate surface area is 152 Å². The highest BCUT2D eigenvalue weighted by molar-refractivity contribution is 6.31. The van der Waals surface area contributed by atoms with Crippen LogP contribution in [0.5, 0.6) is 17.2 Å². The van der Waals surface area contributed by atoms with E-state index in [9.17, 15) is 4.79 Å². The number of ether oxygens (including phenoxy) is 3. The van der Waals surface area contributed by atoms with Crippen molar-refractivity contribution in [3.8, 4) is 17.2 Å². The Morgan fingerprint density at radius 2 is 1.84 bits per heavy atom. The summed E-state index contributed by atoms with van der Waals surface area (Å²) in [5, 5.41) is 3.56. The molecule has 0 aliphatic rings. The number of halogens is 1. The molecule has 134 valence electrons. The number of benzene rings is 2. The first-order valence-electron chi connectivity index (χ1n) is 7.84. The van der Waals surface area contributed by atoms with Crippen molar-refractivity contribution in [1.82, 2.24) is 5.32 Å². The van der Waals surface area contributed by atoms with Gasteiger partial charge in [0.2, 0.25) is 0 Å². The third-order valence-corrected chi connectivity index (χ3v) is 4.21. The van der Waals surface area contributed by atoms with E-state index in [1.54, 1.807) is 32.4 Å². The lowest BCUT2D eigenvalue weighted by atomic mass is 10.1. The quantitative estimate of drug-likeness (QED) is 0.810. The molecule has 0 radical (unpaired) electrons. The van der Waals surface area contributed by atoms with Gasteiger partial charge in [-0.05, 0) is 55.3 Å². The molecule has 2 rings (SSSR count). The zero-order valence-electron chi connectivity index (χ0n) is 14.8. The summed E-state index contributed by atoms with van der Waals surface area (Å²) in [6.07, 6.45) is 0. The molecule has 25 heavy (non-hydrogen) atoms. The largest absolute Gasteiger partial charge is 0.493 e. The molecular weight excluding hydrogens is 342 g/mol. The Morgan fingerprint density at radius 3 is 2.48 bits per heavy atom. The van der Waals surface area contributed by atoms with Crippen molar-refractivity contribution in [2.24, 2.45) is 0 Å². The predicted octanol–water partition coefficient (Wildman–Crippen LogP) is 3.92. The predicted molar refractivity (Wildman–Crippen MR) is 97.8 cm³/mol. The van der Waals surface area contributed by atoms with Crippen LogP contribution >= 0.6 is 11.6 Å². The summed E-state index contributed by atoms with van der Waals surface area (Å²) in [5.74, 6) is 1.66. The van der Waals surface area contributed by atoms with Gasteiger partial charge in [0.1, 0.15) is 5.75 Å². The van der Waals surface area contributed by atoms with Gasteiger partial charge in [0.05, 0.1) is 20.3 Å². The van der Waals surface area contributed by atoms with Crippen LogP contribution in [0.2, 0.25) is 5.02 Å². The SMILES string of the molecule is COc1ccc(C(C)NC(=O)COc2ccc(Cl)c(C)c2)cc1OC. The molecule has 1 unspecified atom stereocenters. The van der Waals surface area contributed by atoms with E-state index in [1.165, 1.54) is 0 Å². The zero-order valence-corrected chi connectivity index (χ0v) is 15.5. The van der Waals surface area contributed by atoms with Gasteiger partial charge < -0.3 is 19.5 Å².